The second-order valence-electron chi connectivity index (χ2n) is 5.87. The van der Waals surface area contributed by atoms with Crippen LogP contribution in [0.5, 0.6) is 0 Å². The zero-order chi connectivity index (χ0) is 14.0. The molecule has 0 radical (unpaired) electrons. The molecule has 0 aliphatic carbocycles. The highest BCUT2D eigenvalue weighted by atomic mass is 16.4. The fourth-order valence-electron chi connectivity index (χ4n) is 2.63. The first-order valence-corrected chi connectivity index (χ1v) is 6.79. The van der Waals surface area contributed by atoms with Gasteiger partial charge in [0, 0.05) is 19.6 Å². The van der Waals surface area contributed by atoms with E-state index in [1.54, 1.807) is 6.33 Å². The van der Waals surface area contributed by atoms with Crippen LogP contribution in [0, 0.1) is 17.8 Å². The number of carboxylic acid groups (broad SMARTS) is 1. The Kier molecular flexibility index (Phi) is 4.19. The van der Waals surface area contributed by atoms with Crippen LogP contribution < -0.4 is 0 Å². The van der Waals surface area contributed by atoms with E-state index in [2.05, 4.69) is 28.8 Å². The molecule has 2 atom stereocenters. The van der Waals surface area contributed by atoms with Crippen LogP contribution in [0.2, 0.25) is 0 Å². The molecule has 1 aromatic rings. The largest absolute Gasteiger partial charge is 0.481 e. The van der Waals surface area contributed by atoms with Crippen molar-refractivity contribution in [2.45, 2.75) is 33.9 Å². The maximum atomic E-state index is 11.1. The number of carbonyl (C=O) groups is 1. The van der Waals surface area contributed by atoms with Crippen LogP contribution >= 0.6 is 0 Å². The van der Waals surface area contributed by atoms with Gasteiger partial charge in [0.05, 0.1) is 12.5 Å². The third-order valence-electron chi connectivity index (χ3n) is 3.60. The lowest BCUT2D eigenvalue weighted by molar-refractivity contribution is -0.142. The molecule has 6 nitrogen and oxygen atoms in total. The predicted molar refractivity (Wildman–Crippen MR) is 70.4 cm³/mol. The van der Waals surface area contributed by atoms with Gasteiger partial charge < -0.3 is 5.11 Å². The normalized spacial score (nSPS) is 24.2. The maximum Gasteiger partial charge on any atom is 0.308 e. The molecule has 1 N–H and O–H groups in total. The van der Waals surface area contributed by atoms with Crippen molar-refractivity contribution in [2.75, 3.05) is 13.1 Å². The van der Waals surface area contributed by atoms with Gasteiger partial charge in [-0.25, -0.2) is 9.67 Å². The summed E-state index contributed by atoms with van der Waals surface area (Å²) in [6.45, 7) is 9.23. The molecule has 0 aromatic carbocycles. The highest BCUT2D eigenvalue weighted by molar-refractivity contribution is 5.71. The van der Waals surface area contributed by atoms with E-state index in [1.807, 2.05) is 11.6 Å². The van der Waals surface area contributed by atoms with Crippen molar-refractivity contribution in [2.24, 2.45) is 17.8 Å². The lowest BCUT2D eigenvalue weighted by atomic mass is 9.99. The van der Waals surface area contributed by atoms with E-state index in [-0.39, 0.29) is 11.8 Å². The second kappa shape index (κ2) is 5.69. The Labute approximate surface area is 113 Å². The van der Waals surface area contributed by atoms with Crippen molar-refractivity contribution in [1.29, 1.82) is 0 Å². The van der Waals surface area contributed by atoms with Gasteiger partial charge in [0.25, 0.3) is 0 Å². The van der Waals surface area contributed by atoms with E-state index in [0.29, 0.717) is 19.0 Å². The minimum atomic E-state index is -0.696. The number of likely N-dealkylation sites (tertiary alicyclic amines) is 1. The topological polar surface area (TPSA) is 71.2 Å². The molecule has 106 valence electrons. The Morgan fingerprint density at radius 1 is 1.53 bits per heavy atom. The Morgan fingerprint density at radius 3 is 2.84 bits per heavy atom. The van der Waals surface area contributed by atoms with Gasteiger partial charge in [-0.05, 0) is 11.8 Å². The molecule has 2 heterocycles. The van der Waals surface area contributed by atoms with Gasteiger partial charge in [0.2, 0.25) is 0 Å². The Hall–Kier alpha value is -1.43. The van der Waals surface area contributed by atoms with E-state index in [4.69, 9.17) is 5.11 Å². The van der Waals surface area contributed by atoms with Crippen molar-refractivity contribution in [3.8, 4) is 0 Å². The van der Waals surface area contributed by atoms with Crippen LogP contribution in [0.1, 0.15) is 26.6 Å². The van der Waals surface area contributed by atoms with Gasteiger partial charge in [-0.15, -0.1) is 0 Å². The standard InChI is InChI=1S/C13H22N4O2/c1-9(2)4-17-12(14-8-15-17)7-16-5-10(3)11(6-16)13(18)19/h8-11H,4-7H2,1-3H3,(H,18,19)/t10-,11-/m1/s1. The van der Waals surface area contributed by atoms with Crippen molar-refractivity contribution >= 4 is 5.97 Å². The number of aliphatic carboxylic acids is 1. The average Bonchev–Trinajstić information content (AvgIpc) is 2.86. The van der Waals surface area contributed by atoms with Crippen LogP contribution in [0.25, 0.3) is 0 Å². The highest BCUT2D eigenvalue weighted by Crippen LogP contribution is 2.24. The number of hydrogen-bond donors (Lipinski definition) is 1. The molecule has 1 aromatic heterocycles. The van der Waals surface area contributed by atoms with Gasteiger partial charge in [0.1, 0.15) is 12.2 Å². The molecule has 1 saturated heterocycles. The van der Waals surface area contributed by atoms with E-state index in [9.17, 15) is 4.79 Å². The van der Waals surface area contributed by atoms with E-state index in [0.717, 1.165) is 18.9 Å². The van der Waals surface area contributed by atoms with E-state index >= 15 is 0 Å². The maximum absolute atomic E-state index is 11.1. The lowest BCUT2D eigenvalue weighted by Gasteiger charge is -2.16. The number of rotatable bonds is 5. The molecular formula is C13H22N4O2. The van der Waals surface area contributed by atoms with Gasteiger partial charge in [-0.2, -0.15) is 5.10 Å². The van der Waals surface area contributed by atoms with Crippen molar-refractivity contribution in [3.05, 3.63) is 12.2 Å². The summed E-state index contributed by atoms with van der Waals surface area (Å²) in [5, 5.41) is 13.4. The molecule has 2 rings (SSSR count). The Balaban J connectivity index is 1.99. The molecule has 1 aliphatic rings. The molecule has 0 spiro atoms. The zero-order valence-electron chi connectivity index (χ0n) is 11.8. The minimum Gasteiger partial charge on any atom is -0.481 e. The van der Waals surface area contributed by atoms with Crippen LogP contribution in [-0.4, -0.2) is 43.8 Å². The molecular weight excluding hydrogens is 244 g/mol. The fraction of sp³-hybridized carbons (Fsp3) is 0.769. The molecule has 0 saturated carbocycles. The zero-order valence-corrected chi connectivity index (χ0v) is 11.8. The quantitative estimate of drug-likeness (QED) is 0.863. The summed E-state index contributed by atoms with van der Waals surface area (Å²) >= 11 is 0. The monoisotopic (exact) mass is 266 g/mol. The predicted octanol–water partition coefficient (Wildman–Crippen LogP) is 1.09. The first-order chi connectivity index (χ1) is 8.97. The number of hydrogen-bond acceptors (Lipinski definition) is 4. The van der Waals surface area contributed by atoms with Crippen molar-refractivity contribution in [3.63, 3.8) is 0 Å². The number of carboxylic acids is 1. The van der Waals surface area contributed by atoms with Crippen molar-refractivity contribution < 1.29 is 9.90 Å². The molecule has 0 unspecified atom stereocenters. The van der Waals surface area contributed by atoms with Crippen molar-refractivity contribution in [1.82, 2.24) is 19.7 Å². The molecule has 1 fully saturated rings. The first-order valence-electron chi connectivity index (χ1n) is 6.79. The first kappa shape index (κ1) is 14.0. The molecule has 6 heteroatoms. The summed E-state index contributed by atoms with van der Waals surface area (Å²) in [6, 6.07) is 0. The highest BCUT2D eigenvalue weighted by Gasteiger charge is 2.35. The summed E-state index contributed by atoms with van der Waals surface area (Å²) in [4.78, 5) is 17.6. The third-order valence-corrected chi connectivity index (χ3v) is 3.60. The average molecular weight is 266 g/mol. The van der Waals surface area contributed by atoms with Gasteiger partial charge in [-0.1, -0.05) is 20.8 Å². The SMILES string of the molecule is CC(C)Cn1ncnc1CN1C[C@@H](C)[C@H](C(=O)O)C1. The molecule has 1 aliphatic heterocycles. The second-order valence-corrected chi connectivity index (χ2v) is 5.87. The number of aromatic nitrogens is 3. The van der Waals surface area contributed by atoms with Crippen LogP contribution in [-0.2, 0) is 17.9 Å². The third kappa shape index (κ3) is 3.32. The summed E-state index contributed by atoms with van der Waals surface area (Å²) < 4.78 is 1.92. The Morgan fingerprint density at radius 2 is 2.26 bits per heavy atom. The lowest BCUT2D eigenvalue weighted by Crippen LogP contribution is -2.25. The van der Waals surface area contributed by atoms with E-state index < -0.39 is 5.97 Å². The Bertz CT molecular complexity index is 444. The smallest absolute Gasteiger partial charge is 0.308 e. The molecule has 0 bridgehead atoms. The fourth-order valence-corrected chi connectivity index (χ4v) is 2.63. The van der Waals surface area contributed by atoms with Crippen LogP contribution in [0.4, 0.5) is 0 Å². The van der Waals surface area contributed by atoms with Gasteiger partial charge >= 0.3 is 5.97 Å². The summed E-state index contributed by atoms with van der Waals surface area (Å²) in [6.07, 6.45) is 1.58. The summed E-state index contributed by atoms with van der Waals surface area (Å²) in [5.41, 5.74) is 0. The molecule has 19 heavy (non-hydrogen) atoms. The van der Waals surface area contributed by atoms with Crippen LogP contribution in [0.3, 0.4) is 0 Å². The van der Waals surface area contributed by atoms with Gasteiger partial charge in [0.15, 0.2) is 0 Å². The summed E-state index contributed by atoms with van der Waals surface area (Å²) in [7, 11) is 0. The molecule has 0 amide bonds. The number of nitrogens with zero attached hydrogens (tertiary/aromatic N) is 4. The van der Waals surface area contributed by atoms with Gasteiger partial charge in [-0.3, -0.25) is 9.69 Å². The minimum absolute atomic E-state index is 0.193. The summed E-state index contributed by atoms with van der Waals surface area (Å²) in [5.74, 6) is 0.677. The van der Waals surface area contributed by atoms with Crippen LogP contribution in [0.15, 0.2) is 6.33 Å². The van der Waals surface area contributed by atoms with E-state index in [1.165, 1.54) is 0 Å².